The molecule has 1 saturated carbocycles. The van der Waals surface area contributed by atoms with Gasteiger partial charge in [-0.25, -0.2) is 0 Å². The molecule has 3 aromatic carbocycles. The van der Waals surface area contributed by atoms with Gasteiger partial charge in [0.05, 0.1) is 12.2 Å². The molecule has 7 rings (SSSR count). The second kappa shape index (κ2) is 12.1. The lowest BCUT2D eigenvalue weighted by Crippen LogP contribution is -2.32. The van der Waals surface area contributed by atoms with E-state index in [1.165, 1.54) is 51.8 Å². The van der Waals surface area contributed by atoms with Crippen LogP contribution < -0.4 is 9.47 Å². The Morgan fingerprint density at radius 1 is 0.977 bits per heavy atom. The van der Waals surface area contributed by atoms with Crippen LogP contribution in [-0.4, -0.2) is 34.2 Å². The highest BCUT2D eigenvalue weighted by atomic mass is 16.5. The van der Waals surface area contributed by atoms with Crippen LogP contribution in [0.2, 0.25) is 0 Å². The smallest absolute Gasteiger partial charge is 0.128 e. The lowest BCUT2D eigenvalue weighted by atomic mass is 9.97. The van der Waals surface area contributed by atoms with Gasteiger partial charge in [0, 0.05) is 48.7 Å². The number of pyridine rings is 1. The van der Waals surface area contributed by atoms with E-state index in [1.54, 1.807) is 12.4 Å². The van der Waals surface area contributed by atoms with Crippen molar-refractivity contribution in [2.24, 2.45) is 5.41 Å². The van der Waals surface area contributed by atoms with Gasteiger partial charge in [-0.05, 0) is 90.3 Å². The maximum absolute atomic E-state index is 10.2. The highest BCUT2D eigenvalue weighted by Crippen LogP contribution is 2.55. The number of aromatic nitrogens is 1. The first-order chi connectivity index (χ1) is 21.6. The molecule has 0 amide bonds. The van der Waals surface area contributed by atoms with Crippen LogP contribution in [0.5, 0.6) is 11.5 Å². The Balaban J connectivity index is 1.20. The van der Waals surface area contributed by atoms with Crippen molar-refractivity contribution in [2.75, 3.05) is 13.2 Å². The number of ether oxygens (including phenoxy) is 2. The number of aliphatic hydroxyl groups is 1. The largest absolute Gasteiger partial charge is 0.488 e. The van der Waals surface area contributed by atoms with E-state index in [1.807, 2.05) is 12.1 Å². The number of likely N-dealkylation sites (tertiary alicyclic amines) is 1. The summed E-state index contributed by atoms with van der Waals surface area (Å²) in [5.74, 6) is 1.72. The third-order valence-electron chi connectivity index (χ3n) is 9.92. The van der Waals surface area contributed by atoms with Crippen molar-refractivity contribution in [3.63, 3.8) is 0 Å². The van der Waals surface area contributed by atoms with Crippen LogP contribution in [0, 0.1) is 23.7 Å². The molecule has 0 unspecified atom stereocenters. The Morgan fingerprint density at radius 2 is 1.80 bits per heavy atom. The Hall–Kier alpha value is -4.18. The standard InChI is InChI=1S/C38H39N3O3/c1-26-30(9-5-10-32(26)29-7-3-2-4-8-29)24-44-36-16-37(43-23-28-15-27(18-39)19-40-20-28)35(33-11-6-12-34(33)36)21-41-25-38(13-14-38)17-31(41)22-42/h2-5,7-10,15-16,19-20,31,42H,6,11-14,17,21-25H2,1H3/t31-/m0/s1. The summed E-state index contributed by atoms with van der Waals surface area (Å²) >= 11 is 0. The summed E-state index contributed by atoms with van der Waals surface area (Å²) < 4.78 is 13.2. The van der Waals surface area contributed by atoms with Gasteiger partial charge in [0.15, 0.2) is 0 Å². The third-order valence-corrected chi connectivity index (χ3v) is 9.92. The number of benzene rings is 3. The highest BCUT2D eigenvalue weighted by Gasteiger charge is 2.51. The summed E-state index contributed by atoms with van der Waals surface area (Å²) in [6.45, 7) is 4.96. The van der Waals surface area contributed by atoms with Crippen molar-refractivity contribution >= 4 is 0 Å². The molecule has 3 aliphatic rings. The first kappa shape index (κ1) is 28.6. The molecule has 44 heavy (non-hydrogen) atoms. The van der Waals surface area contributed by atoms with Gasteiger partial charge in [-0.1, -0.05) is 48.5 Å². The first-order valence-corrected chi connectivity index (χ1v) is 15.8. The van der Waals surface area contributed by atoms with Crippen molar-refractivity contribution in [3.05, 3.63) is 112 Å². The SMILES string of the molecule is Cc1c(COc2cc(OCc3cncc(C#N)c3)c(CN3CC4(CC4)C[C@H]3CO)c3c2CCC3)cccc1-c1ccccc1. The topological polar surface area (TPSA) is 78.6 Å². The molecular weight excluding hydrogens is 546 g/mol. The fourth-order valence-electron chi connectivity index (χ4n) is 7.30. The van der Waals surface area contributed by atoms with Crippen molar-refractivity contribution in [1.29, 1.82) is 5.26 Å². The molecular formula is C38H39N3O3. The minimum Gasteiger partial charge on any atom is -0.488 e. The molecule has 0 radical (unpaired) electrons. The predicted molar refractivity (Wildman–Crippen MR) is 170 cm³/mol. The van der Waals surface area contributed by atoms with Crippen molar-refractivity contribution in [2.45, 2.75) is 71.2 Å². The van der Waals surface area contributed by atoms with Crippen LogP contribution in [0.4, 0.5) is 0 Å². The molecule has 2 heterocycles. The van der Waals surface area contributed by atoms with Gasteiger partial charge >= 0.3 is 0 Å². The van der Waals surface area contributed by atoms with E-state index in [-0.39, 0.29) is 12.6 Å². The van der Waals surface area contributed by atoms with Gasteiger partial charge < -0.3 is 14.6 Å². The second-order valence-electron chi connectivity index (χ2n) is 12.8. The minimum atomic E-state index is 0.190. The molecule has 1 aliphatic heterocycles. The number of rotatable bonds is 10. The highest BCUT2D eigenvalue weighted by molar-refractivity contribution is 5.68. The van der Waals surface area contributed by atoms with E-state index >= 15 is 0 Å². The molecule has 2 fully saturated rings. The zero-order valence-corrected chi connectivity index (χ0v) is 25.4. The molecule has 0 bridgehead atoms. The molecule has 1 aromatic heterocycles. The molecule has 1 saturated heterocycles. The quantitative estimate of drug-likeness (QED) is 0.218. The van der Waals surface area contributed by atoms with E-state index in [2.05, 4.69) is 71.4 Å². The van der Waals surface area contributed by atoms with E-state index < -0.39 is 0 Å². The zero-order valence-electron chi connectivity index (χ0n) is 25.4. The molecule has 224 valence electrons. The minimum absolute atomic E-state index is 0.190. The van der Waals surface area contributed by atoms with Crippen LogP contribution in [0.15, 0.2) is 73.1 Å². The van der Waals surface area contributed by atoms with Gasteiger partial charge in [-0.15, -0.1) is 0 Å². The van der Waals surface area contributed by atoms with Gasteiger partial charge in [-0.2, -0.15) is 5.26 Å². The maximum Gasteiger partial charge on any atom is 0.128 e. The van der Waals surface area contributed by atoms with Crippen molar-refractivity contribution in [1.82, 2.24) is 9.88 Å². The molecule has 1 spiro atoms. The van der Waals surface area contributed by atoms with Gasteiger partial charge in [-0.3, -0.25) is 9.88 Å². The predicted octanol–water partition coefficient (Wildman–Crippen LogP) is 6.92. The summed E-state index contributed by atoms with van der Waals surface area (Å²) in [5.41, 5.74) is 10.5. The molecule has 2 aliphatic carbocycles. The van der Waals surface area contributed by atoms with Crippen molar-refractivity contribution < 1.29 is 14.6 Å². The zero-order chi connectivity index (χ0) is 30.1. The monoisotopic (exact) mass is 585 g/mol. The van der Waals surface area contributed by atoms with Gasteiger partial charge in [0.25, 0.3) is 0 Å². The lowest BCUT2D eigenvalue weighted by molar-refractivity contribution is 0.151. The molecule has 6 nitrogen and oxygen atoms in total. The van der Waals surface area contributed by atoms with E-state index in [4.69, 9.17) is 9.47 Å². The van der Waals surface area contributed by atoms with Crippen LogP contribution in [-0.2, 0) is 32.6 Å². The summed E-state index contributed by atoms with van der Waals surface area (Å²) in [6.07, 6.45) is 10.0. The van der Waals surface area contributed by atoms with E-state index in [0.717, 1.165) is 55.8 Å². The fourth-order valence-corrected chi connectivity index (χ4v) is 7.30. The van der Waals surface area contributed by atoms with E-state index in [0.29, 0.717) is 24.2 Å². The Bertz CT molecular complexity index is 1710. The van der Waals surface area contributed by atoms with Crippen LogP contribution in [0.1, 0.15) is 64.6 Å². The maximum atomic E-state index is 10.2. The molecule has 4 aromatic rings. The third kappa shape index (κ3) is 5.70. The Labute approximate surface area is 259 Å². The normalized spacial score (nSPS) is 18.2. The Morgan fingerprint density at radius 3 is 2.59 bits per heavy atom. The number of nitriles is 1. The summed E-state index contributed by atoms with van der Waals surface area (Å²) in [7, 11) is 0. The number of aliphatic hydroxyl groups excluding tert-OH is 1. The van der Waals surface area contributed by atoms with Crippen molar-refractivity contribution in [3.8, 4) is 28.7 Å². The average molecular weight is 586 g/mol. The molecule has 1 N–H and O–H groups in total. The van der Waals surface area contributed by atoms with Gasteiger partial charge in [0.1, 0.15) is 30.8 Å². The summed E-state index contributed by atoms with van der Waals surface area (Å²) in [5, 5.41) is 19.6. The lowest BCUT2D eigenvalue weighted by Gasteiger charge is -2.26. The van der Waals surface area contributed by atoms with Crippen LogP contribution >= 0.6 is 0 Å². The summed E-state index contributed by atoms with van der Waals surface area (Å²) in [6, 6.07) is 23.2. The molecule has 6 heteroatoms. The van der Waals surface area contributed by atoms with E-state index in [9.17, 15) is 10.4 Å². The first-order valence-electron chi connectivity index (χ1n) is 15.8. The number of hydrogen-bond acceptors (Lipinski definition) is 6. The van der Waals surface area contributed by atoms with Crippen LogP contribution in [0.3, 0.4) is 0 Å². The number of fused-ring (bicyclic) bond motifs is 1. The Kier molecular flexibility index (Phi) is 7.84. The second-order valence-corrected chi connectivity index (χ2v) is 12.8. The number of nitrogens with zero attached hydrogens (tertiary/aromatic N) is 3. The van der Waals surface area contributed by atoms with Crippen LogP contribution in [0.25, 0.3) is 11.1 Å². The fraction of sp³-hybridized carbons (Fsp3) is 0.368. The molecule has 1 atom stereocenters. The summed E-state index contributed by atoms with van der Waals surface area (Å²) in [4.78, 5) is 6.71. The number of hydrogen-bond donors (Lipinski definition) is 1. The average Bonchev–Trinajstić information content (AvgIpc) is 3.46. The van der Waals surface area contributed by atoms with Gasteiger partial charge in [0.2, 0.25) is 0 Å².